The van der Waals surface area contributed by atoms with E-state index in [4.69, 9.17) is 9.47 Å². The molecule has 0 atom stereocenters. The summed E-state index contributed by atoms with van der Waals surface area (Å²) in [6.45, 7) is 4.92. The van der Waals surface area contributed by atoms with Gasteiger partial charge in [-0.05, 0) is 30.5 Å². The van der Waals surface area contributed by atoms with Crippen molar-refractivity contribution in [1.82, 2.24) is 0 Å². The number of hydrogen-bond donors (Lipinski definition) is 0. The van der Waals surface area contributed by atoms with Crippen LogP contribution in [0.1, 0.15) is 90.5 Å². The van der Waals surface area contributed by atoms with E-state index < -0.39 is 11.9 Å². The molecule has 1 rings (SSSR count). The van der Waals surface area contributed by atoms with Gasteiger partial charge >= 0.3 is 11.9 Å². The van der Waals surface area contributed by atoms with Crippen molar-refractivity contribution in [3.05, 3.63) is 23.8 Å². The highest BCUT2D eigenvalue weighted by atomic mass is 16.6. The second-order valence-corrected chi connectivity index (χ2v) is 6.90. The molecule has 0 fully saturated rings. The zero-order valence-electron chi connectivity index (χ0n) is 16.6. The smallest absolute Gasteiger partial charge is 0.308 e. The third-order valence-electron chi connectivity index (χ3n) is 4.33. The van der Waals surface area contributed by atoms with E-state index in [1.165, 1.54) is 71.6 Å². The predicted molar refractivity (Wildman–Crippen MR) is 105 cm³/mol. The molecule has 0 spiro atoms. The number of benzene rings is 1. The molecule has 1 aromatic carbocycles. The lowest BCUT2D eigenvalue weighted by atomic mass is 10.0. The second kappa shape index (κ2) is 13.4. The average molecular weight is 363 g/mol. The molecule has 0 aromatic heterocycles. The molecular weight excluding hydrogens is 328 g/mol. The predicted octanol–water partition coefficient (Wildman–Crippen LogP) is 6.00. The normalized spacial score (nSPS) is 10.6. The van der Waals surface area contributed by atoms with Crippen molar-refractivity contribution >= 4 is 11.9 Å². The molecule has 0 N–H and O–H groups in total. The first-order chi connectivity index (χ1) is 12.5. The SMILES string of the molecule is CCCCCCCCCCCCc1ccc(OC(C)=O)c(OC(C)=O)c1. The van der Waals surface area contributed by atoms with Gasteiger partial charge in [-0.1, -0.05) is 70.8 Å². The molecule has 0 bridgehead atoms. The van der Waals surface area contributed by atoms with E-state index in [-0.39, 0.29) is 0 Å². The molecular formula is C22H34O4. The summed E-state index contributed by atoms with van der Waals surface area (Å²) in [5.41, 5.74) is 1.09. The number of esters is 2. The van der Waals surface area contributed by atoms with Crippen LogP contribution in [0.2, 0.25) is 0 Å². The van der Waals surface area contributed by atoms with Crippen LogP contribution in [-0.2, 0) is 16.0 Å². The Bertz CT molecular complexity index is 551. The van der Waals surface area contributed by atoms with Crippen molar-refractivity contribution in [1.29, 1.82) is 0 Å². The number of ether oxygens (including phenoxy) is 2. The van der Waals surface area contributed by atoms with Crippen LogP contribution < -0.4 is 9.47 Å². The third kappa shape index (κ3) is 10.2. The summed E-state index contributed by atoms with van der Waals surface area (Å²) in [5, 5.41) is 0. The Hall–Kier alpha value is -1.84. The summed E-state index contributed by atoms with van der Waals surface area (Å²) in [6.07, 6.45) is 14.0. The molecule has 4 nitrogen and oxygen atoms in total. The molecule has 0 aliphatic heterocycles. The Kier molecular flexibility index (Phi) is 11.4. The second-order valence-electron chi connectivity index (χ2n) is 6.90. The summed E-state index contributed by atoms with van der Waals surface area (Å²) in [4.78, 5) is 22.4. The molecule has 0 unspecified atom stereocenters. The minimum atomic E-state index is -0.430. The first kappa shape index (κ1) is 22.2. The van der Waals surface area contributed by atoms with Gasteiger partial charge in [-0.15, -0.1) is 0 Å². The van der Waals surface area contributed by atoms with Crippen LogP contribution in [0, 0.1) is 0 Å². The average Bonchev–Trinajstić information content (AvgIpc) is 2.58. The Labute approximate surface area is 158 Å². The van der Waals surface area contributed by atoms with Gasteiger partial charge in [0, 0.05) is 13.8 Å². The molecule has 146 valence electrons. The lowest BCUT2D eigenvalue weighted by molar-refractivity contribution is -0.134. The Morgan fingerprint density at radius 1 is 0.731 bits per heavy atom. The first-order valence-corrected chi connectivity index (χ1v) is 10.0. The molecule has 0 aliphatic rings. The Morgan fingerprint density at radius 3 is 1.77 bits per heavy atom. The van der Waals surface area contributed by atoms with Crippen molar-refractivity contribution in [2.24, 2.45) is 0 Å². The highest BCUT2D eigenvalue weighted by molar-refractivity contribution is 5.73. The van der Waals surface area contributed by atoms with Crippen molar-refractivity contribution in [2.75, 3.05) is 0 Å². The summed E-state index contributed by atoms with van der Waals surface area (Å²) in [6, 6.07) is 5.43. The van der Waals surface area contributed by atoms with Crippen LogP contribution in [0.5, 0.6) is 11.5 Å². The van der Waals surface area contributed by atoms with Crippen LogP contribution in [0.15, 0.2) is 18.2 Å². The van der Waals surface area contributed by atoms with Crippen molar-refractivity contribution in [3.63, 3.8) is 0 Å². The summed E-state index contributed by atoms with van der Waals surface area (Å²) in [5.74, 6) is -0.243. The van der Waals surface area contributed by atoms with Gasteiger partial charge in [0.25, 0.3) is 0 Å². The van der Waals surface area contributed by atoms with Gasteiger partial charge in [0.15, 0.2) is 11.5 Å². The van der Waals surface area contributed by atoms with E-state index in [0.717, 1.165) is 18.4 Å². The topological polar surface area (TPSA) is 52.6 Å². The van der Waals surface area contributed by atoms with Crippen molar-refractivity contribution < 1.29 is 19.1 Å². The molecule has 0 radical (unpaired) electrons. The number of rotatable bonds is 13. The molecule has 26 heavy (non-hydrogen) atoms. The number of carbonyl (C=O) groups is 2. The highest BCUT2D eigenvalue weighted by Crippen LogP contribution is 2.29. The van der Waals surface area contributed by atoms with Crippen LogP contribution in [0.4, 0.5) is 0 Å². The first-order valence-electron chi connectivity index (χ1n) is 10.0. The van der Waals surface area contributed by atoms with Gasteiger partial charge in [-0.25, -0.2) is 0 Å². The molecule has 0 amide bonds. The van der Waals surface area contributed by atoms with E-state index >= 15 is 0 Å². The van der Waals surface area contributed by atoms with Gasteiger partial charge < -0.3 is 9.47 Å². The maximum atomic E-state index is 11.2. The van der Waals surface area contributed by atoms with Crippen LogP contribution in [-0.4, -0.2) is 11.9 Å². The largest absolute Gasteiger partial charge is 0.423 e. The minimum absolute atomic E-state index is 0.291. The molecule has 0 heterocycles. The third-order valence-corrected chi connectivity index (χ3v) is 4.33. The fourth-order valence-electron chi connectivity index (χ4n) is 3.00. The fourth-order valence-corrected chi connectivity index (χ4v) is 3.00. The van der Waals surface area contributed by atoms with Crippen LogP contribution >= 0.6 is 0 Å². The van der Waals surface area contributed by atoms with E-state index in [1.807, 2.05) is 6.07 Å². The van der Waals surface area contributed by atoms with E-state index in [9.17, 15) is 9.59 Å². The molecule has 4 heteroatoms. The maximum absolute atomic E-state index is 11.2. The lowest BCUT2D eigenvalue weighted by Gasteiger charge is -2.10. The van der Waals surface area contributed by atoms with Gasteiger partial charge in [-0.2, -0.15) is 0 Å². The number of hydrogen-bond acceptors (Lipinski definition) is 4. The number of aryl methyl sites for hydroxylation is 1. The quantitative estimate of drug-likeness (QED) is 0.245. The summed E-state index contributed by atoms with van der Waals surface area (Å²) in [7, 11) is 0. The number of unbranched alkanes of at least 4 members (excludes halogenated alkanes) is 9. The van der Waals surface area contributed by atoms with Crippen molar-refractivity contribution in [2.45, 2.75) is 91.4 Å². The molecule has 0 saturated carbocycles. The van der Waals surface area contributed by atoms with Gasteiger partial charge in [0.1, 0.15) is 0 Å². The zero-order chi connectivity index (χ0) is 19.2. The maximum Gasteiger partial charge on any atom is 0.308 e. The van der Waals surface area contributed by atoms with Gasteiger partial charge in [0.05, 0.1) is 0 Å². The Balaban J connectivity index is 2.31. The van der Waals surface area contributed by atoms with Gasteiger partial charge in [0.2, 0.25) is 0 Å². The fraction of sp³-hybridized carbons (Fsp3) is 0.636. The standard InChI is InChI=1S/C22H34O4/c1-4-5-6-7-8-9-10-11-12-13-14-20-15-16-21(25-18(2)23)22(17-20)26-19(3)24/h15-17H,4-14H2,1-3H3. The molecule has 1 aromatic rings. The molecule has 0 aliphatic carbocycles. The van der Waals surface area contributed by atoms with E-state index in [1.54, 1.807) is 12.1 Å². The van der Waals surface area contributed by atoms with Gasteiger partial charge in [-0.3, -0.25) is 9.59 Å². The van der Waals surface area contributed by atoms with Crippen LogP contribution in [0.3, 0.4) is 0 Å². The zero-order valence-corrected chi connectivity index (χ0v) is 16.6. The monoisotopic (exact) mass is 362 g/mol. The summed E-state index contributed by atoms with van der Waals surface area (Å²) < 4.78 is 10.3. The van der Waals surface area contributed by atoms with E-state index in [0.29, 0.717) is 11.5 Å². The minimum Gasteiger partial charge on any atom is -0.423 e. The summed E-state index contributed by atoms with van der Waals surface area (Å²) >= 11 is 0. The lowest BCUT2D eigenvalue weighted by Crippen LogP contribution is -2.07. The number of carbonyl (C=O) groups excluding carboxylic acids is 2. The van der Waals surface area contributed by atoms with Crippen LogP contribution in [0.25, 0.3) is 0 Å². The van der Waals surface area contributed by atoms with E-state index in [2.05, 4.69) is 6.92 Å². The highest BCUT2D eigenvalue weighted by Gasteiger charge is 2.11. The van der Waals surface area contributed by atoms with Crippen molar-refractivity contribution in [3.8, 4) is 11.5 Å². The Morgan fingerprint density at radius 2 is 1.23 bits per heavy atom. The molecule has 0 saturated heterocycles.